The molecule has 4 rings (SSSR count). The molecule has 1 atom stereocenters. The Morgan fingerprint density at radius 3 is 2.36 bits per heavy atom. The molecule has 1 heterocycles. The molecule has 1 aliphatic rings. The normalized spacial score (nSPS) is 18.1. The van der Waals surface area contributed by atoms with Crippen LogP contribution in [0, 0.1) is 0 Å². The molecule has 1 saturated heterocycles. The predicted octanol–water partition coefficient (Wildman–Crippen LogP) is 5.37. The van der Waals surface area contributed by atoms with Crippen LogP contribution in [-0.4, -0.2) is 36.8 Å². The Bertz CT molecular complexity index is 1280. The van der Waals surface area contributed by atoms with Gasteiger partial charge in [0.1, 0.15) is 0 Å². The van der Waals surface area contributed by atoms with Crippen LogP contribution in [0.1, 0.15) is 43.9 Å². The summed E-state index contributed by atoms with van der Waals surface area (Å²) in [5, 5.41) is 2.19. The Balaban J connectivity index is 1.60. The highest BCUT2D eigenvalue weighted by Gasteiger charge is 2.34. The van der Waals surface area contributed by atoms with Gasteiger partial charge in [-0.3, -0.25) is 4.79 Å². The van der Waals surface area contributed by atoms with Gasteiger partial charge in [-0.05, 0) is 45.4 Å². The van der Waals surface area contributed by atoms with E-state index in [0.717, 1.165) is 21.9 Å². The van der Waals surface area contributed by atoms with Gasteiger partial charge in [0.15, 0.2) is 9.84 Å². The number of hydrogen-bond donors (Lipinski definition) is 0. The van der Waals surface area contributed by atoms with Crippen molar-refractivity contribution in [2.75, 3.05) is 11.5 Å². The highest BCUT2D eigenvalue weighted by molar-refractivity contribution is 7.91. The highest BCUT2D eigenvalue weighted by atomic mass is 32.2. The third-order valence-corrected chi connectivity index (χ3v) is 8.10. The zero-order chi connectivity index (χ0) is 23.6. The topological polar surface area (TPSA) is 54.5 Å². The molecule has 3 aromatic rings. The predicted molar refractivity (Wildman–Crippen MR) is 136 cm³/mol. The van der Waals surface area contributed by atoms with E-state index in [2.05, 4.69) is 32.9 Å². The lowest BCUT2D eigenvalue weighted by molar-refractivity contribution is -0.128. The van der Waals surface area contributed by atoms with Crippen LogP contribution >= 0.6 is 0 Å². The number of nitrogens with zero attached hydrogens (tertiary/aromatic N) is 1. The first-order chi connectivity index (χ1) is 15.6. The van der Waals surface area contributed by atoms with Gasteiger partial charge in [0.05, 0.1) is 11.5 Å². The van der Waals surface area contributed by atoms with E-state index in [1.165, 1.54) is 5.56 Å². The van der Waals surface area contributed by atoms with Crippen molar-refractivity contribution in [1.29, 1.82) is 0 Å². The van der Waals surface area contributed by atoms with E-state index in [-0.39, 0.29) is 28.9 Å². The van der Waals surface area contributed by atoms with Gasteiger partial charge >= 0.3 is 0 Å². The molecule has 4 nitrogen and oxygen atoms in total. The van der Waals surface area contributed by atoms with Crippen LogP contribution in [0.15, 0.2) is 72.8 Å². The van der Waals surface area contributed by atoms with Crippen LogP contribution in [-0.2, 0) is 26.6 Å². The lowest BCUT2D eigenvalue weighted by Crippen LogP contribution is -2.39. The van der Waals surface area contributed by atoms with Crippen LogP contribution in [0.3, 0.4) is 0 Å². The maximum absolute atomic E-state index is 13.3. The maximum atomic E-state index is 13.3. The Morgan fingerprint density at radius 2 is 1.70 bits per heavy atom. The molecular weight excluding hydrogens is 430 g/mol. The van der Waals surface area contributed by atoms with Gasteiger partial charge in [-0.25, -0.2) is 8.42 Å². The molecule has 172 valence electrons. The molecule has 0 bridgehead atoms. The molecule has 0 N–H and O–H groups in total. The summed E-state index contributed by atoms with van der Waals surface area (Å²) in [6.07, 6.45) is 3.86. The lowest BCUT2D eigenvalue weighted by Gasteiger charge is -2.28. The monoisotopic (exact) mass is 461 g/mol. The van der Waals surface area contributed by atoms with Crippen molar-refractivity contribution in [1.82, 2.24) is 4.90 Å². The fourth-order valence-corrected chi connectivity index (χ4v) is 6.11. The summed E-state index contributed by atoms with van der Waals surface area (Å²) in [6.45, 7) is 6.89. The van der Waals surface area contributed by atoms with Gasteiger partial charge in [-0.1, -0.05) is 87.5 Å². The second kappa shape index (κ2) is 9.14. The molecule has 0 spiro atoms. The second-order valence-electron chi connectivity index (χ2n) is 9.87. The molecule has 5 heteroatoms. The zero-order valence-corrected chi connectivity index (χ0v) is 20.3. The molecule has 1 fully saturated rings. The molecule has 1 aliphatic heterocycles. The number of carbonyl (C=O) groups is 1. The van der Waals surface area contributed by atoms with Gasteiger partial charge < -0.3 is 4.90 Å². The Morgan fingerprint density at radius 1 is 1.00 bits per heavy atom. The number of amides is 1. The molecule has 1 amide bonds. The van der Waals surface area contributed by atoms with E-state index in [9.17, 15) is 13.2 Å². The van der Waals surface area contributed by atoms with Crippen molar-refractivity contribution in [2.45, 2.75) is 45.2 Å². The quantitative estimate of drug-likeness (QED) is 0.480. The number of sulfone groups is 1. The standard InChI is InChI=1S/C28H31NO3S/c1-28(2,3)24-14-11-21(12-15-24)13-16-27(30)29(25-17-18-33(31,32)20-25)19-23-9-6-8-22-7-4-5-10-26(22)23/h4-16,25H,17-20H2,1-3H3/b16-13+/t25-/m0/s1. The average Bonchev–Trinajstić information content (AvgIpc) is 3.14. The van der Waals surface area contributed by atoms with Crippen molar-refractivity contribution in [3.63, 3.8) is 0 Å². The maximum Gasteiger partial charge on any atom is 0.247 e. The van der Waals surface area contributed by atoms with Crippen LogP contribution in [0.25, 0.3) is 16.8 Å². The summed E-state index contributed by atoms with van der Waals surface area (Å²) in [5.74, 6) is -0.00278. The average molecular weight is 462 g/mol. The SMILES string of the molecule is CC(C)(C)c1ccc(/C=C/C(=O)N(Cc2cccc3ccccc23)[C@H]2CCS(=O)(=O)C2)cc1. The van der Waals surface area contributed by atoms with E-state index < -0.39 is 9.84 Å². The largest absolute Gasteiger partial charge is 0.331 e. The number of hydrogen-bond acceptors (Lipinski definition) is 3. The van der Waals surface area contributed by atoms with Crippen LogP contribution < -0.4 is 0 Å². The van der Waals surface area contributed by atoms with Crippen molar-refractivity contribution in [2.24, 2.45) is 0 Å². The molecule has 0 aliphatic carbocycles. The van der Waals surface area contributed by atoms with E-state index in [0.29, 0.717) is 13.0 Å². The van der Waals surface area contributed by atoms with Gasteiger partial charge in [0.25, 0.3) is 0 Å². The van der Waals surface area contributed by atoms with Crippen molar-refractivity contribution in [3.8, 4) is 0 Å². The van der Waals surface area contributed by atoms with E-state index in [1.54, 1.807) is 11.0 Å². The van der Waals surface area contributed by atoms with E-state index in [4.69, 9.17) is 0 Å². The third-order valence-electron chi connectivity index (χ3n) is 6.35. The number of carbonyl (C=O) groups excluding carboxylic acids is 1. The highest BCUT2D eigenvalue weighted by Crippen LogP contribution is 2.25. The minimum atomic E-state index is -3.11. The Labute approximate surface area is 196 Å². The number of rotatable bonds is 5. The lowest BCUT2D eigenvalue weighted by atomic mass is 9.87. The second-order valence-corrected chi connectivity index (χ2v) is 12.1. The molecule has 0 saturated carbocycles. The van der Waals surface area contributed by atoms with Crippen LogP contribution in [0.2, 0.25) is 0 Å². The molecule has 0 aromatic heterocycles. The fourth-order valence-electron chi connectivity index (χ4n) is 4.38. The van der Waals surface area contributed by atoms with E-state index in [1.807, 2.05) is 60.7 Å². The van der Waals surface area contributed by atoms with Gasteiger partial charge in [0, 0.05) is 18.7 Å². The Hall–Kier alpha value is -2.92. The minimum Gasteiger partial charge on any atom is -0.331 e. The minimum absolute atomic E-state index is 0.0254. The molecule has 0 radical (unpaired) electrons. The van der Waals surface area contributed by atoms with Crippen molar-refractivity contribution < 1.29 is 13.2 Å². The van der Waals surface area contributed by atoms with Gasteiger partial charge in [-0.2, -0.15) is 0 Å². The summed E-state index contributed by atoms with van der Waals surface area (Å²) in [6, 6.07) is 22.0. The Kier molecular flexibility index (Phi) is 6.44. The van der Waals surface area contributed by atoms with Gasteiger partial charge in [-0.15, -0.1) is 0 Å². The first kappa shape index (κ1) is 23.2. The smallest absolute Gasteiger partial charge is 0.247 e. The van der Waals surface area contributed by atoms with Crippen molar-refractivity contribution in [3.05, 3.63) is 89.5 Å². The van der Waals surface area contributed by atoms with Crippen LogP contribution in [0.4, 0.5) is 0 Å². The van der Waals surface area contributed by atoms with E-state index >= 15 is 0 Å². The summed E-state index contributed by atoms with van der Waals surface area (Å²) in [7, 11) is -3.11. The van der Waals surface area contributed by atoms with Crippen molar-refractivity contribution >= 4 is 32.6 Å². The molecule has 3 aromatic carbocycles. The molecule has 33 heavy (non-hydrogen) atoms. The first-order valence-corrected chi connectivity index (χ1v) is 13.2. The third kappa shape index (κ3) is 5.53. The number of benzene rings is 3. The van der Waals surface area contributed by atoms with Gasteiger partial charge in [0.2, 0.25) is 5.91 Å². The number of fused-ring (bicyclic) bond motifs is 1. The molecule has 0 unspecified atom stereocenters. The summed E-state index contributed by atoms with van der Waals surface area (Å²) < 4.78 is 24.3. The zero-order valence-electron chi connectivity index (χ0n) is 19.5. The summed E-state index contributed by atoms with van der Waals surface area (Å²) in [5.41, 5.74) is 3.27. The summed E-state index contributed by atoms with van der Waals surface area (Å²) in [4.78, 5) is 15.1. The molecular formula is C28H31NO3S. The van der Waals surface area contributed by atoms with Crippen LogP contribution in [0.5, 0.6) is 0 Å². The fraction of sp³-hybridized carbons (Fsp3) is 0.321. The summed E-state index contributed by atoms with van der Waals surface area (Å²) >= 11 is 0. The first-order valence-electron chi connectivity index (χ1n) is 11.4.